The Hall–Kier alpha value is -0.770. The van der Waals surface area contributed by atoms with Crippen molar-refractivity contribution in [1.29, 1.82) is 0 Å². The monoisotopic (exact) mass is 282 g/mol. The maximum Gasteiger partial charge on any atom is 0.119 e. The van der Waals surface area contributed by atoms with E-state index in [-0.39, 0.29) is 0 Å². The van der Waals surface area contributed by atoms with Crippen LogP contribution >= 0.6 is 11.6 Å². The smallest absolute Gasteiger partial charge is 0.119 e. The summed E-state index contributed by atoms with van der Waals surface area (Å²) in [5, 5.41) is 4.15. The number of halogens is 1. The van der Waals surface area contributed by atoms with Crippen molar-refractivity contribution in [3.05, 3.63) is 29.3 Å². The molecule has 0 bridgehead atoms. The molecule has 3 nitrogen and oxygen atoms in total. The van der Waals surface area contributed by atoms with Crippen LogP contribution in [-0.2, 0) is 0 Å². The van der Waals surface area contributed by atoms with Crippen LogP contribution in [0.1, 0.15) is 19.3 Å². The van der Waals surface area contributed by atoms with Crippen molar-refractivity contribution in [3.63, 3.8) is 0 Å². The number of benzene rings is 1. The van der Waals surface area contributed by atoms with E-state index < -0.39 is 0 Å². The molecule has 19 heavy (non-hydrogen) atoms. The van der Waals surface area contributed by atoms with E-state index in [1.165, 1.54) is 12.8 Å². The number of nitrogens with one attached hydrogen (secondary N) is 1. The van der Waals surface area contributed by atoms with Gasteiger partial charge in [-0.3, -0.25) is 0 Å². The van der Waals surface area contributed by atoms with Crippen molar-refractivity contribution >= 4 is 11.6 Å². The van der Waals surface area contributed by atoms with Gasteiger partial charge in [0, 0.05) is 17.6 Å². The fourth-order valence-corrected chi connectivity index (χ4v) is 2.59. The first-order chi connectivity index (χ1) is 9.25. The minimum Gasteiger partial charge on any atom is -0.494 e. The first-order valence-corrected chi connectivity index (χ1v) is 7.43. The zero-order valence-corrected chi connectivity index (χ0v) is 12.3. The Morgan fingerprint density at radius 3 is 2.63 bits per heavy atom. The molecule has 1 saturated heterocycles. The lowest BCUT2D eigenvalue weighted by atomic mass is 10.1. The molecule has 0 aliphatic carbocycles. The Labute approximate surface area is 120 Å². The SMILES string of the molecule is CN(CCCOc1ccc(Cl)cc1)C1CCNCC1. The fraction of sp³-hybridized carbons (Fsp3) is 0.600. The van der Waals surface area contributed by atoms with Crippen molar-refractivity contribution in [1.82, 2.24) is 10.2 Å². The van der Waals surface area contributed by atoms with Gasteiger partial charge in [-0.15, -0.1) is 0 Å². The second-order valence-electron chi connectivity index (χ2n) is 5.12. The minimum atomic E-state index is 0.733. The summed E-state index contributed by atoms with van der Waals surface area (Å²) >= 11 is 5.83. The van der Waals surface area contributed by atoms with Crippen molar-refractivity contribution in [2.24, 2.45) is 0 Å². The van der Waals surface area contributed by atoms with Crippen LogP contribution in [0.15, 0.2) is 24.3 Å². The van der Waals surface area contributed by atoms with E-state index >= 15 is 0 Å². The highest BCUT2D eigenvalue weighted by molar-refractivity contribution is 6.30. The average molecular weight is 283 g/mol. The third-order valence-corrected chi connectivity index (χ3v) is 3.92. The van der Waals surface area contributed by atoms with Crippen LogP contribution in [-0.4, -0.2) is 44.2 Å². The first-order valence-electron chi connectivity index (χ1n) is 7.05. The van der Waals surface area contributed by atoms with E-state index in [0.717, 1.165) is 49.5 Å². The molecule has 0 saturated carbocycles. The maximum atomic E-state index is 5.83. The summed E-state index contributed by atoms with van der Waals surface area (Å²) < 4.78 is 5.70. The molecule has 1 aromatic carbocycles. The molecule has 0 atom stereocenters. The summed E-state index contributed by atoms with van der Waals surface area (Å²) in [6, 6.07) is 8.28. The number of nitrogens with zero attached hydrogens (tertiary/aromatic N) is 1. The van der Waals surface area contributed by atoms with E-state index in [9.17, 15) is 0 Å². The maximum absolute atomic E-state index is 5.83. The predicted octanol–water partition coefficient (Wildman–Crippen LogP) is 2.79. The number of hydrogen-bond acceptors (Lipinski definition) is 3. The lowest BCUT2D eigenvalue weighted by Crippen LogP contribution is -2.41. The predicted molar refractivity (Wildman–Crippen MR) is 80.1 cm³/mol. The third kappa shape index (κ3) is 5.01. The number of ether oxygens (including phenoxy) is 1. The number of rotatable bonds is 6. The van der Waals surface area contributed by atoms with Gasteiger partial charge in [-0.1, -0.05) is 11.6 Å². The van der Waals surface area contributed by atoms with Gasteiger partial charge in [0.25, 0.3) is 0 Å². The second kappa shape index (κ2) is 7.73. The van der Waals surface area contributed by atoms with E-state index in [0.29, 0.717) is 0 Å². The highest BCUT2D eigenvalue weighted by Crippen LogP contribution is 2.16. The molecule has 106 valence electrons. The Morgan fingerprint density at radius 2 is 1.95 bits per heavy atom. The second-order valence-corrected chi connectivity index (χ2v) is 5.55. The van der Waals surface area contributed by atoms with Gasteiger partial charge in [0.05, 0.1) is 6.61 Å². The van der Waals surface area contributed by atoms with Crippen LogP contribution in [0.25, 0.3) is 0 Å². The van der Waals surface area contributed by atoms with Gasteiger partial charge < -0.3 is 15.0 Å². The number of piperidine rings is 1. The molecule has 0 unspecified atom stereocenters. The molecular formula is C15H23ClN2O. The van der Waals surface area contributed by atoms with Gasteiger partial charge in [-0.05, 0) is 63.7 Å². The third-order valence-electron chi connectivity index (χ3n) is 3.67. The molecule has 1 aromatic rings. The molecule has 1 N–H and O–H groups in total. The van der Waals surface area contributed by atoms with Crippen LogP contribution in [0.3, 0.4) is 0 Å². The van der Waals surface area contributed by atoms with Crippen LogP contribution in [0.5, 0.6) is 5.75 Å². The standard InChI is InChI=1S/C15H23ClN2O/c1-18(14-7-9-17-10-8-14)11-2-12-19-15-5-3-13(16)4-6-15/h3-6,14,17H,2,7-12H2,1H3. The van der Waals surface area contributed by atoms with E-state index in [4.69, 9.17) is 16.3 Å². The van der Waals surface area contributed by atoms with Gasteiger partial charge in [0.1, 0.15) is 5.75 Å². The summed E-state index contributed by atoms with van der Waals surface area (Å²) in [5.74, 6) is 0.897. The van der Waals surface area contributed by atoms with Crippen LogP contribution in [0.4, 0.5) is 0 Å². The highest BCUT2D eigenvalue weighted by Gasteiger charge is 2.16. The molecule has 1 aliphatic heterocycles. The van der Waals surface area contributed by atoms with Crippen LogP contribution in [0, 0.1) is 0 Å². The van der Waals surface area contributed by atoms with E-state index in [1.807, 2.05) is 24.3 Å². The van der Waals surface area contributed by atoms with Crippen molar-refractivity contribution in [3.8, 4) is 5.75 Å². The van der Waals surface area contributed by atoms with E-state index in [2.05, 4.69) is 17.3 Å². The summed E-state index contributed by atoms with van der Waals surface area (Å²) in [5.41, 5.74) is 0. The molecule has 0 amide bonds. The van der Waals surface area contributed by atoms with Crippen LogP contribution in [0.2, 0.25) is 5.02 Å². The average Bonchev–Trinajstić information content (AvgIpc) is 2.46. The summed E-state index contributed by atoms with van der Waals surface area (Å²) in [6.45, 7) is 4.15. The zero-order chi connectivity index (χ0) is 13.5. The molecular weight excluding hydrogens is 260 g/mol. The Balaban J connectivity index is 1.62. The normalized spacial score (nSPS) is 16.8. The quantitative estimate of drug-likeness (QED) is 0.812. The molecule has 0 spiro atoms. The highest BCUT2D eigenvalue weighted by atomic mass is 35.5. The minimum absolute atomic E-state index is 0.733. The van der Waals surface area contributed by atoms with Gasteiger partial charge in [0.2, 0.25) is 0 Å². The van der Waals surface area contributed by atoms with Gasteiger partial charge in [0.15, 0.2) is 0 Å². The van der Waals surface area contributed by atoms with Crippen molar-refractivity contribution < 1.29 is 4.74 Å². The number of hydrogen-bond donors (Lipinski definition) is 1. The Morgan fingerprint density at radius 1 is 1.26 bits per heavy atom. The lowest BCUT2D eigenvalue weighted by Gasteiger charge is -2.31. The molecule has 4 heteroatoms. The van der Waals surface area contributed by atoms with Crippen LogP contribution < -0.4 is 10.1 Å². The molecule has 1 heterocycles. The molecule has 1 aliphatic rings. The Kier molecular flexibility index (Phi) is 5.95. The molecule has 0 radical (unpaired) electrons. The van der Waals surface area contributed by atoms with Gasteiger partial charge in [-0.25, -0.2) is 0 Å². The summed E-state index contributed by atoms with van der Waals surface area (Å²) in [6.07, 6.45) is 3.58. The lowest BCUT2D eigenvalue weighted by molar-refractivity contribution is 0.183. The fourth-order valence-electron chi connectivity index (χ4n) is 2.46. The largest absolute Gasteiger partial charge is 0.494 e. The summed E-state index contributed by atoms with van der Waals surface area (Å²) in [4.78, 5) is 2.46. The molecule has 1 fully saturated rings. The van der Waals surface area contributed by atoms with Gasteiger partial charge >= 0.3 is 0 Å². The van der Waals surface area contributed by atoms with Crippen molar-refractivity contribution in [2.45, 2.75) is 25.3 Å². The first kappa shape index (κ1) is 14.6. The summed E-state index contributed by atoms with van der Waals surface area (Å²) in [7, 11) is 2.22. The molecule has 2 rings (SSSR count). The van der Waals surface area contributed by atoms with Crippen molar-refractivity contribution in [2.75, 3.05) is 33.3 Å². The Bertz CT molecular complexity index is 363. The van der Waals surface area contributed by atoms with E-state index in [1.54, 1.807) is 0 Å². The molecule has 0 aromatic heterocycles. The zero-order valence-electron chi connectivity index (χ0n) is 11.6. The topological polar surface area (TPSA) is 24.5 Å². The van der Waals surface area contributed by atoms with Gasteiger partial charge in [-0.2, -0.15) is 0 Å².